The first-order chi connectivity index (χ1) is 27.6. The van der Waals surface area contributed by atoms with Crippen LogP contribution in [-0.2, 0) is 45.2 Å². The summed E-state index contributed by atoms with van der Waals surface area (Å²) in [6.45, 7) is 4.43. The van der Waals surface area contributed by atoms with Crippen LogP contribution in [0.4, 0.5) is 9.93 Å². The smallest absolute Gasteiger partial charge is 0.385 e. The first kappa shape index (κ1) is 39.3. The van der Waals surface area contributed by atoms with Gasteiger partial charge in [0.05, 0.1) is 39.9 Å². The molecule has 57 heavy (non-hydrogen) atoms. The molecular formula is C42H37Cl2N7O5S. The number of carbonyl (C=O) groups excluding carboxylic acids is 4. The Morgan fingerprint density at radius 3 is 2.53 bits per heavy atom. The second-order valence-corrected chi connectivity index (χ2v) is 15.3. The maximum absolute atomic E-state index is 14.5. The topological polar surface area (TPSA) is 141 Å². The van der Waals surface area contributed by atoms with Crippen molar-refractivity contribution < 1.29 is 23.9 Å². The van der Waals surface area contributed by atoms with E-state index < -0.39 is 24.2 Å². The minimum atomic E-state index is -0.893. The molecule has 15 heteroatoms. The van der Waals surface area contributed by atoms with Gasteiger partial charge in [-0.3, -0.25) is 14.6 Å². The van der Waals surface area contributed by atoms with E-state index in [0.717, 1.165) is 27.0 Å². The number of fused-ring (bicyclic) bond motifs is 2. The van der Waals surface area contributed by atoms with Crippen molar-refractivity contribution >= 4 is 73.7 Å². The summed E-state index contributed by atoms with van der Waals surface area (Å²) < 4.78 is 6.16. The molecule has 5 aromatic rings. The number of ether oxygens (including phenoxy) is 1. The van der Waals surface area contributed by atoms with Crippen molar-refractivity contribution in [2.45, 2.75) is 38.3 Å². The van der Waals surface area contributed by atoms with Crippen molar-refractivity contribution in [3.05, 3.63) is 142 Å². The second kappa shape index (κ2) is 17.5. The summed E-state index contributed by atoms with van der Waals surface area (Å²) in [4.78, 5) is 62.3. The van der Waals surface area contributed by atoms with Gasteiger partial charge in [-0.1, -0.05) is 107 Å². The van der Waals surface area contributed by atoms with Gasteiger partial charge in [0.1, 0.15) is 18.8 Å². The predicted octanol–water partition coefficient (Wildman–Crippen LogP) is 6.02. The highest BCUT2D eigenvalue weighted by Gasteiger charge is 2.52. The number of piperazine rings is 1. The summed E-state index contributed by atoms with van der Waals surface area (Å²) in [5, 5.41) is 7.23. The van der Waals surface area contributed by atoms with E-state index in [2.05, 4.69) is 28.7 Å². The van der Waals surface area contributed by atoms with E-state index in [0.29, 0.717) is 26.3 Å². The summed E-state index contributed by atoms with van der Waals surface area (Å²) in [6.07, 6.45) is 1.09. The zero-order chi connectivity index (χ0) is 40.1. The van der Waals surface area contributed by atoms with Crippen LogP contribution >= 0.6 is 34.5 Å². The van der Waals surface area contributed by atoms with Crippen LogP contribution < -0.4 is 11.1 Å². The number of halogens is 2. The van der Waals surface area contributed by atoms with Crippen LogP contribution in [0.5, 0.6) is 0 Å². The number of benzene rings is 4. The third-order valence-corrected chi connectivity index (χ3v) is 11.2. The summed E-state index contributed by atoms with van der Waals surface area (Å²) >= 11 is 13.7. The summed E-state index contributed by atoms with van der Waals surface area (Å²) in [5.74, 6) is 4.16. The average molecular weight is 823 g/mol. The number of hydrogen-bond donors (Lipinski definition) is 2. The summed E-state index contributed by atoms with van der Waals surface area (Å²) in [7, 11) is 0. The maximum atomic E-state index is 14.5. The molecular weight excluding hydrogens is 785 g/mol. The molecule has 4 aromatic carbocycles. The van der Waals surface area contributed by atoms with Crippen molar-refractivity contribution in [2.24, 2.45) is 0 Å². The number of urea groups is 1. The number of thiazole rings is 1. The van der Waals surface area contributed by atoms with Crippen molar-refractivity contribution in [2.75, 3.05) is 25.4 Å². The predicted molar refractivity (Wildman–Crippen MR) is 219 cm³/mol. The molecule has 2 aliphatic rings. The lowest BCUT2D eigenvalue weighted by Gasteiger charge is -2.46. The molecule has 12 nitrogen and oxygen atoms in total. The molecule has 0 aliphatic carbocycles. The summed E-state index contributed by atoms with van der Waals surface area (Å²) in [5.41, 5.74) is 10.5. The number of hydrogen-bond acceptors (Lipinski definition) is 9. The fraction of sp³-hybridized carbons (Fsp3) is 0.214. The van der Waals surface area contributed by atoms with E-state index in [9.17, 15) is 19.2 Å². The molecule has 290 valence electrons. The van der Waals surface area contributed by atoms with E-state index in [4.69, 9.17) is 33.7 Å². The van der Waals surface area contributed by atoms with Gasteiger partial charge in [-0.2, -0.15) is 5.01 Å². The highest BCUT2D eigenvalue weighted by atomic mass is 35.5. The molecule has 3 heterocycles. The third kappa shape index (κ3) is 9.06. The number of rotatable bonds is 11. The van der Waals surface area contributed by atoms with Gasteiger partial charge < -0.3 is 25.6 Å². The fourth-order valence-electron chi connectivity index (χ4n) is 6.92. The van der Waals surface area contributed by atoms with E-state index in [1.54, 1.807) is 51.2 Å². The Labute approximate surface area is 343 Å². The monoisotopic (exact) mass is 821 g/mol. The van der Waals surface area contributed by atoms with E-state index in [1.807, 2.05) is 60.7 Å². The third-order valence-electron chi connectivity index (χ3n) is 9.63. The number of nitrogen functional groups attached to an aromatic ring is 1. The quantitative estimate of drug-likeness (QED) is 0.0938. The van der Waals surface area contributed by atoms with Crippen molar-refractivity contribution in [1.29, 1.82) is 0 Å². The van der Waals surface area contributed by atoms with E-state index in [1.165, 1.54) is 16.3 Å². The van der Waals surface area contributed by atoms with Gasteiger partial charge in [0, 0.05) is 31.0 Å². The molecule has 4 amide bonds. The second-order valence-electron chi connectivity index (χ2n) is 13.4. The van der Waals surface area contributed by atoms with Crippen molar-refractivity contribution in [3.8, 4) is 11.8 Å². The molecule has 0 saturated carbocycles. The lowest BCUT2D eigenvalue weighted by Crippen LogP contribution is -2.66. The van der Waals surface area contributed by atoms with Gasteiger partial charge in [0.25, 0.3) is 0 Å². The molecule has 7 rings (SSSR count). The number of para-hydroxylation sites is 1. The molecule has 2 aliphatic heterocycles. The lowest BCUT2D eigenvalue weighted by atomic mass is 9.99. The standard InChI is InChI=1S/C42H37Cl2N7O5S/c1-2-19-49(42(55)46-22-30-15-17-32(43)33(44)20-30)50-25-37(52)51-34(40(54)48(24-36(50)51)23-31-9-6-10-35-39(31)47-41(45)57-35)21-28-13-11-27(12-14-28)16-18-38(53)56-26-29-7-4-3-5-8-29/h2-15,17,20,34,36H,1,19,21-26H2,(H2,45,47)(H,46,55)/t34-,36+/m0/s1. The van der Waals surface area contributed by atoms with Crippen LogP contribution in [0.15, 0.2) is 104 Å². The number of nitrogens with zero attached hydrogens (tertiary/aromatic N) is 5. The number of hydrazine groups is 1. The van der Waals surface area contributed by atoms with Crippen LogP contribution in [0, 0.1) is 11.8 Å². The Balaban J connectivity index is 1.13. The van der Waals surface area contributed by atoms with Crippen LogP contribution in [0.25, 0.3) is 10.2 Å². The zero-order valence-corrected chi connectivity index (χ0v) is 32.9. The molecule has 2 atom stereocenters. The van der Waals surface area contributed by atoms with Gasteiger partial charge in [0.2, 0.25) is 11.8 Å². The van der Waals surface area contributed by atoms with Crippen LogP contribution in [0.1, 0.15) is 27.8 Å². The maximum Gasteiger partial charge on any atom is 0.385 e. The zero-order valence-electron chi connectivity index (χ0n) is 30.6. The van der Waals surface area contributed by atoms with Gasteiger partial charge in [-0.15, -0.1) is 6.58 Å². The van der Waals surface area contributed by atoms with Gasteiger partial charge in [-0.05, 0) is 52.6 Å². The van der Waals surface area contributed by atoms with Crippen molar-refractivity contribution in [3.63, 3.8) is 0 Å². The fourth-order valence-corrected chi connectivity index (χ4v) is 8.02. The number of amides is 4. The Morgan fingerprint density at radius 1 is 1.00 bits per heavy atom. The van der Waals surface area contributed by atoms with E-state index in [-0.39, 0.29) is 57.6 Å². The van der Waals surface area contributed by atoms with Crippen LogP contribution in [0.2, 0.25) is 10.0 Å². The number of nitrogens with one attached hydrogen (secondary N) is 1. The highest BCUT2D eigenvalue weighted by Crippen LogP contribution is 2.33. The number of esters is 1. The number of anilines is 1. The first-order valence-electron chi connectivity index (χ1n) is 18.0. The molecule has 0 spiro atoms. The largest absolute Gasteiger partial charge is 0.451 e. The molecule has 2 fully saturated rings. The van der Waals surface area contributed by atoms with Crippen LogP contribution in [0.3, 0.4) is 0 Å². The van der Waals surface area contributed by atoms with Gasteiger partial charge in [-0.25, -0.2) is 14.6 Å². The Morgan fingerprint density at radius 2 is 1.77 bits per heavy atom. The SMILES string of the molecule is C=CCN(C(=O)NCc1ccc(Cl)c(Cl)c1)N1CC(=O)N2[C@@H](Cc3ccc(C#CC(=O)OCc4ccccc4)cc3)C(=O)N(Cc3cccc4sc(N)nc34)C[C@@H]21. The molecule has 0 radical (unpaired) electrons. The molecule has 0 bridgehead atoms. The minimum Gasteiger partial charge on any atom is -0.451 e. The van der Waals surface area contributed by atoms with Gasteiger partial charge in [0.15, 0.2) is 5.13 Å². The Kier molecular flexibility index (Phi) is 12.1. The number of nitrogens with two attached hydrogens (primary N) is 1. The molecule has 0 unspecified atom stereocenters. The molecule has 3 N–H and O–H groups in total. The van der Waals surface area contributed by atoms with E-state index >= 15 is 0 Å². The lowest BCUT2D eigenvalue weighted by molar-refractivity contribution is -0.157. The normalized spacial score (nSPS) is 16.5. The highest BCUT2D eigenvalue weighted by molar-refractivity contribution is 7.22. The van der Waals surface area contributed by atoms with Crippen molar-refractivity contribution in [1.82, 2.24) is 30.1 Å². The molecule has 1 aromatic heterocycles. The Hall–Kier alpha value is -5.91. The van der Waals surface area contributed by atoms with Gasteiger partial charge >= 0.3 is 12.0 Å². The molecule has 2 saturated heterocycles. The van der Waals surface area contributed by atoms with Crippen LogP contribution in [-0.4, -0.2) is 80.5 Å². The average Bonchev–Trinajstić information content (AvgIpc) is 3.76. The minimum absolute atomic E-state index is 0.100. The first-order valence-corrected chi connectivity index (χ1v) is 19.6. The summed E-state index contributed by atoms with van der Waals surface area (Å²) in [6, 6.07) is 26.0. The Bertz CT molecular complexity index is 2400. The number of carbonyl (C=O) groups is 4. The number of aromatic nitrogens is 1.